The average Bonchev–Trinajstić information content (AvgIpc) is 2.87. The van der Waals surface area contributed by atoms with Crippen LogP contribution in [0.1, 0.15) is 67.0 Å². The van der Waals surface area contributed by atoms with E-state index in [1.54, 1.807) is 0 Å². The lowest BCUT2D eigenvalue weighted by Gasteiger charge is -2.29. The van der Waals surface area contributed by atoms with E-state index < -0.39 is 0 Å². The first-order valence-corrected chi connectivity index (χ1v) is 12.4. The summed E-state index contributed by atoms with van der Waals surface area (Å²) in [6.07, 6.45) is 11.9. The number of rotatable bonds is 4. The molecule has 0 fully saturated rings. The van der Waals surface area contributed by atoms with Crippen molar-refractivity contribution in [3.8, 4) is 5.75 Å². The molecule has 0 amide bonds. The van der Waals surface area contributed by atoms with Crippen LogP contribution in [0, 0.1) is 5.41 Å². The van der Waals surface area contributed by atoms with Crippen LogP contribution in [0.4, 0.5) is 0 Å². The quantitative estimate of drug-likeness (QED) is 0.407. The Balaban J connectivity index is 1.66. The SMILES string of the molecule is C[C@H](N=C(c1ccccc1)c1c2ccc(c1O)CCC1(C)C=CC(=CC1)CC2)c1ccccc1. The molecule has 0 spiro atoms. The molecule has 1 unspecified atom stereocenters. The summed E-state index contributed by atoms with van der Waals surface area (Å²) in [4.78, 5) is 5.24. The van der Waals surface area contributed by atoms with Crippen LogP contribution < -0.4 is 0 Å². The second-order valence-corrected chi connectivity index (χ2v) is 10.0. The summed E-state index contributed by atoms with van der Waals surface area (Å²) in [5.41, 5.74) is 7.70. The maximum atomic E-state index is 11.7. The van der Waals surface area contributed by atoms with Gasteiger partial charge in [-0.1, -0.05) is 104 Å². The minimum atomic E-state index is -0.0215. The van der Waals surface area contributed by atoms with Crippen LogP contribution in [0.25, 0.3) is 0 Å². The highest BCUT2D eigenvalue weighted by atomic mass is 16.3. The third-order valence-corrected chi connectivity index (χ3v) is 7.42. The number of nitrogens with zero attached hydrogens (tertiary/aromatic N) is 1. The predicted octanol–water partition coefficient (Wildman–Crippen LogP) is 7.76. The Morgan fingerprint density at radius 1 is 0.882 bits per heavy atom. The highest BCUT2D eigenvalue weighted by Gasteiger charge is 2.26. The second-order valence-electron chi connectivity index (χ2n) is 10.0. The summed E-state index contributed by atoms with van der Waals surface area (Å²) < 4.78 is 0. The van der Waals surface area contributed by atoms with Crippen molar-refractivity contribution in [3.05, 3.63) is 124 Å². The molecule has 0 saturated carbocycles. The van der Waals surface area contributed by atoms with E-state index in [2.05, 4.69) is 80.6 Å². The van der Waals surface area contributed by atoms with Crippen molar-refractivity contribution in [2.24, 2.45) is 10.4 Å². The fraction of sp³-hybridized carbons (Fsp3) is 0.281. The molecule has 172 valence electrons. The molecule has 0 aromatic heterocycles. The zero-order chi connectivity index (χ0) is 23.5. The van der Waals surface area contributed by atoms with Crippen molar-refractivity contribution in [2.45, 2.75) is 52.0 Å². The van der Waals surface area contributed by atoms with Gasteiger partial charge in [0.25, 0.3) is 0 Å². The summed E-state index contributed by atoms with van der Waals surface area (Å²) in [5.74, 6) is 0.401. The number of hydrogen-bond donors (Lipinski definition) is 1. The van der Waals surface area contributed by atoms with Gasteiger partial charge in [-0.25, -0.2) is 0 Å². The molecule has 34 heavy (non-hydrogen) atoms. The molecule has 2 heteroatoms. The van der Waals surface area contributed by atoms with E-state index in [9.17, 15) is 5.11 Å². The van der Waals surface area contributed by atoms with Gasteiger partial charge in [0.2, 0.25) is 0 Å². The number of aliphatic imine (C=N–C) groups is 1. The first-order valence-electron chi connectivity index (χ1n) is 12.4. The Bertz CT molecular complexity index is 1250. The van der Waals surface area contributed by atoms with Crippen LogP contribution in [-0.2, 0) is 12.8 Å². The second kappa shape index (κ2) is 9.46. The molecule has 0 heterocycles. The molecule has 5 aliphatic rings. The molecule has 8 rings (SSSR count). The van der Waals surface area contributed by atoms with Crippen molar-refractivity contribution >= 4 is 5.71 Å². The molecule has 0 aliphatic heterocycles. The summed E-state index contributed by atoms with van der Waals surface area (Å²) in [7, 11) is 0. The number of aryl methyl sites for hydroxylation is 2. The van der Waals surface area contributed by atoms with Crippen molar-refractivity contribution < 1.29 is 5.11 Å². The van der Waals surface area contributed by atoms with Gasteiger partial charge in [0.05, 0.1) is 11.8 Å². The van der Waals surface area contributed by atoms with Crippen LogP contribution in [0.15, 0.2) is 102 Å². The van der Waals surface area contributed by atoms with Crippen LogP contribution >= 0.6 is 0 Å². The Morgan fingerprint density at radius 2 is 1.59 bits per heavy atom. The molecule has 2 atom stereocenters. The normalized spacial score (nSPS) is 21.0. The molecule has 1 N–H and O–H groups in total. The molecule has 3 aromatic carbocycles. The van der Waals surface area contributed by atoms with E-state index in [1.165, 1.54) is 11.1 Å². The lowest BCUT2D eigenvalue weighted by molar-refractivity contribution is 0.385. The van der Waals surface area contributed by atoms with Crippen molar-refractivity contribution in [3.63, 3.8) is 0 Å². The highest BCUT2D eigenvalue weighted by Crippen LogP contribution is 2.39. The van der Waals surface area contributed by atoms with E-state index in [0.29, 0.717) is 5.75 Å². The van der Waals surface area contributed by atoms with Crippen LogP contribution in [0.2, 0.25) is 0 Å². The van der Waals surface area contributed by atoms with Crippen molar-refractivity contribution in [2.75, 3.05) is 0 Å². The van der Waals surface area contributed by atoms with Gasteiger partial charge in [-0.2, -0.15) is 0 Å². The maximum absolute atomic E-state index is 11.7. The highest BCUT2D eigenvalue weighted by molar-refractivity contribution is 6.15. The van der Waals surface area contributed by atoms with Crippen LogP contribution in [0.3, 0.4) is 0 Å². The predicted molar refractivity (Wildman–Crippen MR) is 142 cm³/mol. The molecule has 2 nitrogen and oxygen atoms in total. The summed E-state index contributed by atoms with van der Waals surface area (Å²) >= 11 is 0. The Labute approximate surface area is 203 Å². The van der Waals surface area contributed by atoms with Gasteiger partial charge in [0, 0.05) is 11.1 Å². The van der Waals surface area contributed by atoms with E-state index >= 15 is 0 Å². The van der Waals surface area contributed by atoms with E-state index in [0.717, 1.165) is 60.1 Å². The molecular formula is C32H33NO. The van der Waals surface area contributed by atoms with Crippen molar-refractivity contribution in [1.82, 2.24) is 0 Å². The number of benzene rings is 3. The van der Waals surface area contributed by atoms with Gasteiger partial charge in [-0.3, -0.25) is 4.99 Å². The van der Waals surface area contributed by atoms with Crippen molar-refractivity contribution in [1.29, 1.82) is 0 Å². The number of hydrogen-bond acceptors (Lipinski definition) is 2. The largest absolute Gasteiger partial charge is 0.507 e. The van der Waals surface area contributed by atoms with Crippen LogP contribution in [0.5, 0.6) is 5.75 Å². The van der Waals surface area contributed by atoms with Gasteiger partial charge in [0.1, 0.15) is 5.75 Å². The molecular weight excluding hydrogens is 414 g/mol. The first kappa shape index (κ1) is 22.4. The fourth-order valence-corrected chi connectivity index (χ4v) is 5.11. The summed E-state index contributed by atoms with van der Waals surface area (Å²) in [6, 6.07) is 25.1. The lowest BCUT2D eigenvalue weighted by Crippen LogP contribution is -2.18. The lowest BCUT2D eigenvalue weighted by atomic mass is 9.76. The van der Waals surface area contributed by atoms with E-state index in [4.69, 9.17) is 4.99 Å². The number of aromatic hydroxyl groups is 1. The number of allylic oxidation sites excluding steroid dienone is 4. The average molecular weight is 448 g/mol. The zero-order valence-corrected chi connectivity index (χ0v) is 20.2. The standard InChI is InChI=1S/C32H33NO/c1-23(25-9-5-3-6-10-25)33-30(27-11-7-4-8-12-27)29-26-14-13-24-17-20-32(2,21-18-24)22-19-28(16-15-26)31(29)34/h3-12,15-18,20,23,34H,13-14,19,21-22H2,1-2H3/t23-,32?/m0/s1. The molecule has 0 radical (unpaired) electrons. The third-order valence-electron chi connectivity index (χ3n) is 7.42. The van der Waals surface area contributed by atoms with Gasteiger partial charge in [-0.15, -0.1) is 0 Å². The van der Waals surface area contributed by atoms with E-state index in [-0.39, 0.29) is 11.5 Å². The smallest absolute Gasteiger partial charge is 0.128 e. The molecule has 3 aromatic rings. The molecule has 4 bridgehead atoms. The fourth-order valence-electron chi connectivity index (χ4n) is 5.11. The summed E-state index contributed by atoms with van der Waals surface area (Å²) in [5, 5.41) is 11.7. The Morgan fingerprint density at radius 3 is 2.29 bits per heavy atom. The third kappa shape index (κ3) is 4.63. The summed E-state index contributed by atoms with van der Waals surface area (Å²) in [6.45, 7) is 4.46. The maximum Gasteiger partial charge on any atom is 0.128 e. The number of phenols is 1. The monoisotopic (exact) mass is 447 g/mol. The van der Waals surface area contributed by atoms with Crippen LogP contribution in [-0.4, -0.2) is 10.8 Å². The molecule has 5 aliphatic carbocycles. The first-order chi connectivity index (χ1) is 16.5. The Hall–Kier alpha value is -3.39. The Kier molecular flexibility index (Phi) is 6.24. The number of phenolic OH excluding ortho intramolecular Hbond substituents is 1. The van der Waals surface area contributed by atoms with Gasteiger partial charge in [0.15, 0.2) is 0 Å². The molecule has 0 saturated heterocycles. The zero-order valence-electron chi connectivity index (χ0n) is 20.2. The minimum Gasteiger partial charge on any atom is -0.507 e. The minimum absolute atomic E-state index is 0.0215. The van der Waals surface area contributed by atoms with E-state index in [1.807, 2.05) is 24.3 Å². The topological polar surface area (TPSA) is 32.6 Å². The van der Waals surface area contributed by atoms with Gasteiger partial charge < -0.3 is 5.11 Å². The van der Waals surface area contributed by atoms with Gasteiger partial charge in [-0.05, 0) is 61.1 Å². The van der Waals surface area contributed by atoms with Gasteiger partial charge >= 0.3 is 0 Å².